The molecule has 0 spiro atoms. The predicted molar refractivity (Wildman–Crippen MR) is 117 cm³/mol. The molecule has 1 aromatic rings. The maximum atomic E-state index is 5.58. The van der Waals surface area contributed by atoms with Gasteiger partial charge in [0.1, 0.15) is 12.3 Å². The van der Waals surface area contributed by atoms with Crippen molar-refractivity contribution in [2.75, 3.05) is 52.9 Å². The van der Waals surface area contributed by atoms with E-state index in [1.54, 1.807) is 0 Å². The molecule has 2 rings (SSSR count). The highest BCUT2D eigenvalue weighted by Gasteiger charge is 2.12. The second kappa shape index (κ2) is 12.5. The van der Waals surface area contributed by atoms with Crippen molar-refractivity contribution >= 4 is 29.9 Å². The smallest absolute Gasteiger partial charge is 0.216 e. The Balaban J connectivity index is 0.00000338. The van der Waals surface area contributed by atoms with E-state index in [2.05, 4.69) is 44.4 Å². The van der Waals surface area contributed by atoms with Crippen molar-refractivity contribution in [1.82, 2.24) is 25.4 Å². The van der Waals surface area contributed by atoms with E-state index in [0.717, 1.165) is 36.9 Å². The molecule has 0 radical (unpaired) electrons. The second-order valence-corrected chi connectivity index (χ2v) is 6.72. The molecule has 0 bridgehead atoms. The lowest BCUT2D eigenvalue weighted by Gasteiger charge is -2.32. The summed E-state index contributed by atoms with van der Waals surface area (Å²) < 4.78 is 5.58. The van der Waals surface area contributed by atoms with Gasteiger partial charge in [-0.15, -0.1) is 24.0 Å². The number of unbranched alkanes of at least 4 members (excludes halogenated alkanes) is 1. The Kier molecular flexibility index (Phi) is 11.1. The standard InChI is InChI=1S/C18H34N6O.HI/c1-5-19-18(21-14-17-22-15(2)16(3)25-17)20-8-6-7-9-24-12-10-23(4)11-13-24;/h5-14H2,1-4H3,(H2,19,20,21);1H. The van der Waals surface area contributed by atoms with Gasteiger partial charge < -0.3 is 24.9 Å². The molecule has 2 N–H and O–H groups in total. The van der Waals surface area contributed by atoms with Gasteiger partial charge in [-0.1, -0.05) is 0 Å². The molecule has 0 unspecified atom stereocenters. The number of oxazole rings is 1. The lowest BCUT2D eigenvalue weighted by Crippen LogP contribution is -2.44. The third-order valence-corrected chi connectivity index (χ3v) is 4.58. The molecule has 150 valence electrons. The topological polar surface area (TPSA) is 68.9 Å². The van der Waals surface area contributed by atoms with Crippen LogP contribution in [0.2, 0.25) is 0 Å². The van der Waals surface area contributed by atoms with E-state index in [-0.39, 0.29) is 24.0 Å². The fraction of sp³-hybridized carbons (Fsp3) is 0.778. The van der Waals surface area contributed by atoms with Crippen molar-refractivity contribution in [3.05, 3.63) is 17.3 Å². The van der Waals surface area contributed by atoms with Crippen LogP contribution in [0.3, 0.4) is 0 Å². The van der Waals surface area contributed by atoms with Crippen LogP contribution in [0.4, 0.5) is 0 Å². The first-order chi connectivity index (χ1) is 12.1. The summed E-state index contributed by atoms with van der Waals surface area (Å²) in [7, 11) is 2.20. The monoisotopic (exact) mass is 478 g/mol. The molecule has 1 aromatic heterocycles. The number of rotatable bonds is 8. The van der Waals surface area contributed by atoms with Crippen LogP contribution in [-0.2, 0) is 6.54 Å². The van der Waals surface area contributed by atoms with Gasteiger partial charge in [-0.3, -0.25) is 0 Å². The molecular formula is C18H35IN6O. The average molecular weight is 478 g/mol. The Bertz CT molecular complexity index is 520. The highest BCUT2D eigenvalue weighted by atomic mass is 127. The number of piperazine rings is 1. The van der Waals surface area contributed by atoms with Gasteiger partial charge in [-0.25, -0.2) is 9.98 Å². The zero-order chi connectivity index (χ0) is 18.1. The number of nitrogens with one attached hydrogen (secondary N) is 2. The number of aliphatic imine (C=N–C) groups is 1. The summed E-state index contributed by atoms with van der Waals surface area (Å²) in [5.74, 6) is 2.37. The maximum absolute atomic E-state index is 5.58. The van der Waals surface area contributed by atoms with E-state index in [1.807, 2.05) is 13.8 Å². The first kappa shape index (κ1) is 23.2. The van der Waals surface area contributed by atoms with Crippen LogP contribution in [0.25, 0.3) is 0 Å². The summed E-state index contributed by atoms with van der Waals surface area (Å²) in [5.41, 5.74) is 0.937. The van der Waals surface area contributed by atoms with E-state index in [0.29, 0.717) is 12.4 Å². The van der Waals surface area contributed by atoms with Crippen LogP contribution in [0.15, 0.2) is 9.41 Å². The molecule has 1 fully saturated rings. The third kappa shape index (κ3) is 8.22. The normalized spacial score (nSPS) is 16.4. The molecule has 0 aliphatic carbocycles. The van der Waals surface area contributed by atoms with Gasteiger partial charge in [0, 0.05) is 39.3 Å². The molecule has 0 saturated carbocycles. The summed E-state index contributed by atoms with van der Waals surface area (Å²) in [6.07, 6.45) is 2.36. The summed E-state index contributed by atoms with van der Waals surface area (Å²) in [6, 6.07) is 0. The highest BCUT2D eigenvalue weighted by Crippen LogP contribution is 2.08. The lowest BCUT2D eigenvalue weighted by molar-refractivity contribution is 0.152. The predicted octanol–water partition coefficient (Wildman–Crippen LogP) is 1.99. The van der Waals surface area contributed by atoms with Gasteiger partial charge >= 0.3 is 0 Å². The number of aryl methyl sites for hydroxylation is 2. The number of guanidine groups is 1. The Labute approximate surface area is 175 Å². The SMILES string of the molecule is CCNC(=NCc1nc(C)c(C)o1)NCCCCN1CCN(C)CC1.I. The molecule has 2 heterocycles. The lowest BCUT2D eigenvalue weighted by atomic mass is 10.2. The molecule has 7 nitrogen and oxygen atoms in total. The van der Waals surface area contributed by atoms with Gasteiger partial charge in [-0.05, 0) is 47.2 Å². The average Bonchev–Trinajstić information content (AvgIpc) is 2.92. The van der Waals surface area contributed by atoms with Crippen LogP contribution in [-0.4, -0.2) is 73.6 Å². The highest BCUT2D eigenvalue weighted by molar-refractivity contribution is 14.0. The molecule has 0 aromatic carbocycles. The molecule has 1 aliphatic rings. The minimum Gasteiger partial charge on any atom is -0.444 e. The van der Waals surface area contributed by atoms with E-state index >= 15 is 0 Å². The molecule has 26 heavy (non-hydrogen) atoms. The first-order valence-electron chi connectivity index (χ1n) is 9.44. The number of aromatic nitrogens is 1. The summed E-state index contributed by atoms with van der Waals surface area (Å²) >= 11 is 0. The number of hydrogen-bond acceptors (Lipinski definition) is 5. The molecular weight excluding hydrogens is 443 g/mol. The zero-order valence-electron chi connectivity index (χ0n) is 16.7. The van der Waals surface area contributed by atoms with Crippen molar-refractivity contribution in [3.63, 3.8) is 0 Å². The van der Waals surface area contributed by atoms with Crippen molar-refractivity contribution in [2.45, 2.75) is 40.2 Å². The second-order valence-electron chi connectivity index (χ2n) is 6.72. The van der Waals surface area contributed by atoms with E-state index in [1.165, 1.54) is 39.1 Å². The minimum absolute atomic E-state index is 0. The number of likely N-dealkylation sites (N-methyl/N-ethyl adjacent to an activating group) is 1. The fourth-order valence-electron chi connectivity index (χ4n) is 2.83. The van der Waals surface area contributed by atoms with Crippen LogP contribution in [0, 0.1) is 13.8 Å². The molecule has 1 saturated heterocycles. The van der Waals surface area contributed by atoms with Crippen molar-refractivity contribution in [2.24, 2.45) is 4.99 Å². The van der Waals surface area contributed by atoms with E-state index in [4.69, 9.17) is 4.42 Å². The van der Waals surface area contributed by atoms with E-state index < -0.39 is 0 Å². The van der Waals surface area contributed by atoms with Crippen LogP contribution >= 0.6 is 24.0 Å². The number of nitrogens with zero attached hydrogens (tertiary/aromatic N) is 4. The molecule has 0 amide bonds. The first-order valence-corrected chi connectivity index (χ1v) is 9.44. The van der Waals surface area contributed by atoms with Gasteiger partial charge in [0.15, 0.2) is 5.96 Å². The van der Waals surface area contributed by atoms with Crippen LogP contribution < -0.4 is 10.6 Å². The van der Waals surface area contributed by atoms with Gasteiger partial charge in [0.05, 0.1) is 5.69 Å². The largest absolute Gasteiger partial charge is 0.444 e. The van der Waals surface area contributed by atoms with Crippen LogP contribution in [0.5, 0.6) is 0 Å². The molecule has 1 aliphatic heterocycles. The van der Waals surface area contributed by atoms with Crippen molar-refractivity contribution in [3.8, 4) is 0 Å². The fourth-order valence-corrected chi connectivity index (χ4v) is 2.83. The quantitative estimate of drug-likeness (QED) is 0.258. The van der Waals surface area contributed by atoms with Crippen molar-refractivity contribution in [1.29, 1.82) is 0 Å². The third-order valence-electron chi connectivity index (χ3n) is 4.58. The molecule has 8 heteroatoms. The summed E-state index contributed by atoms with van der Waals surface area (Å²) in [4.78, 5) is 13.9. The minimum atomic E-state index is 0. The van der Waals surface area contributed by atoms with Gasteiger partial charge in [0.2, 0.25) is 5.89 Å². The Hall–Kier alpha value is -0.870. The Morgan fingerprint density at radius 3 is 2.50 bits per heavy atom. The molecule has 0 atom stereocenters. The Morgan fingerprint density at radius 2 is 1.88 bits per heavy atom. The number of halogens is 1. The Morgan fingerprint density at radius 1 is 1.15 bits per heavy atom. The summed E-state index contributed by atoms with van der Waals surface area (Å²) in [5, 5.41) is 6.67. The van der Waals surface area contributed by atoms with Crippen molar-refractivity contribution < 1.29 is 4.42 Å². The maximum Gasteiger partial charge on any atom is 0.216 e. The summed E-state index contributed by atoms with van der Waals surface area (Å²) in [6.45, 7) is 14.2. The number of hydrogen-bond donors (Lipinski definition) is 2. The van der Waals surface area contributed by atoms with Gasteiger partial charge in [-0.2, -0.15) is 0 Å². The van der Waals surface area contributed by atoms with E-state index in [9.17, 15) is 0 Å². The van der Waals surface area contributed by atoms with Crippen LogP contribution in [0.1, 0.15) is 37.1 Å². The zero-order valence-corrected chi connectivity index (χ0v) is 19.0. The van der Waals surface area contributed by atoms with Gasteiger partial charge in [0.25, 0.3) is 0 Å².